The summed E-state index contributed by atoms with van der Waals surface area (Å²) in [6.07, 6.45) is 4.14. The number of aliphatic hydroxyl groups excluding tert-OH is 2. The van der Waals surface area contributed by atoms with Gasteiger partial charge in [-0.15, -0.1) is 0 Å². The summed E-state index contributed by atoms with van der Waals surface area (Å²) in [4.78, 5) is 0. The van der Waals surface area contributed by atoms with Gasteiger partial charge in [0, 0.05) is 12.6 Å². The number of hydrogen-bond donors (Lipinski definition) is 3. The molecule has 0 heterocycles. The summed E-state index contributed by atoms with van der Waals surface area (Å²) in [7, 11) is 0. The molecule has 0 bridgehead atoms. The third kappa shape index (κ3) is 15.3. The molecule has 2 aromatic carbocycles. The van der Waals surface area contributed by atoms with Gasteiger partial charge in [-0.25, -0.2) is 0 Å². The Morgan fingerprint density at radius 3 is 1.50 bits per heavy atom. The average Bonchev–Trinajstić information content (AvgIpc) is 2.91. The first-order valence-corrected chi connectivity index (χ1v) is 13.3. The molecule has 3 N–H and O–H groups in total. The number of para-hydroxylation sites is 4. The molecule has 0 saturated heterocycles. The molecular formula is C31H47NO6. The fraction of sp³-hybridized carbons (Fsp3) is 0.484. The minimum absolute atomic E-state index is 0.230. The normalized spacial score (nSPS) is 12.2. The lowest BCUT2D eigenvalue weighted by Gasteiger charge is -2.16. The van der Waals surface area contributed by atoms with E-state index in [9.17, 15) is 10.2 Å². The maximum Gasteiger partial charge on any atom is 0.161 e. The van der Waals surface area contributed by atoms with E-state index in [4.69, 9.17) is 18.9 Å². The molecule has 212 valence electrons. The van der Waals surface area contributed by atoms with Crippen molar-refractivity contribution in [3.05, 3.63) is 73.8 Å². The molecule has 7 heteroatoms. The van der Waals surface area contributed by atoms with E-state index in [1.165, 1.54) is 0 Å². The van der Waals surface area contributed by atoms with Gasteiger partial charge in [0.25, 0.3) is 0 Å². The van der Waals surface area contributed by atoms with Crippen LogP contribution >= 0.6 is 0 Å². The Kier molecular flexibility index (Phi) is 17.4. The Bertz CT molecular complexity index is 828. The predicted octanol–water partition coefficient (Wildman–Crippen LogP) is 5.42. The second-order valence-corrected chi connectivity index (χ2v) is 9.56. The van der Waals surface area contributed by atoms with Crippen LogP contribution in [0.25, 0.3) is 0 Å². The van der Waals surface area contributed by atoms with E-state index in [1.807, 2.05) is 62.4 Å². The molecular weight excluding hydrogens is 482 g/mol. The molecule has 0 spiro atoms. The van der Waals surface area contributed by atoms with Crippen LogP contribution in [0.3, 0.4) is 0 Å². The van der Waals surface area contributed by atoms with Gasteiger partial charge in [0.2, 0.25) is 0 Å². The van der Waals surface area contributed by atoms with Crippen LogP contribution in [-0.2, 0) is 0 Å². The van der Waals surface area contributed by atoms with Gasteiger partial charge < -0.3 is 34.5 Å². The molecule has 0 aliphatic carbocycles. The van der Waals surface area contributed by atoms with Crippen molar-refractivity contribution in [3.8, 4) is 23.0 Å². The summed E-state index contributed by atoms with van der Waals surface area (Å²) in [5, 5.41) is 22.8. The van der Waals surface area contributed by atoms with Crippen LogP contribution < -0.4 is 24.3 Å². The third-order valence-corrected chi connectivity index (χ3v) is 5.11. The number of rotatable bonds is 18. The summed E-state index contributed by atoms with van der Waals surface area (Å²) >= 11 is 0. The number of aliphatic hydroxyl groups is 2. The van der Waals surface area contributed by atoms with Crippen molar-refractivity contribution in [2.45, 2.75) is 58.8 Å². The van der Waals surface area contributed by atoms with Crippen LogP contribution in [0.2, 0.25) is 0 Å². The molecule has 0 unspecified atom stereocenters. The Balaban J connectivity index is 0.000000380. The van der Waals surface area contributed by atoms with E-state index in [-0.39, 0.29) is 6.61 Å². The summed E-state index contributed by atoms with van der Waals surface area (Å²) in [5.41, 5.74) is 0. The molecule has 0 aliphatic heterocycles. The van der Waals surface area contributed by atoms with Crippen molar-refractivity contribution in [2.24, 2.45) is 5.92 Å². The molecule has 0 fully saturated rings. The van der Waals surface area contributed by atoms with Crippen molar-refractivity contribution in [1.82, 2.24) is 5.32 Å². The Morgan fingerprint density at radius 2 is 1.11 bits per heavy atom. The van der Waals surface area contributed by atoms with Crippen LogP contribution in [0.15, 0.2) is 73.8 Å². The minimum atomic E-state index is -0.546. The van der Waals surface area contributed by atoms with E-state index in [1.54, 1.807) is 12.2 Å². The molecule has 2 rings (SSSR count). The van der Waals surface area contributed by atoms with E-state index in [0.29, 0.717) is 61.3 Å². The second kappa shape index (κ2) is 20.0. The number of nitrogens with one attached hydrogen (secondary N) is 1. The van der Waals surface area contributed by atoms with Gasteiger partial charge in [0.05, 0.1) is 6.10 Å². The smallest absolute Gasteiger partial charge is 0.161 e. The quantitative estimate of drug-likeness (QED) is 0.222. The zero-order valence-corrected chi connectivity index (χ0v) is 23.5. The van der Waals surface area contributed by atoms with Gasteiger partial charge in [-0.05, 0) is 43.0 Å². The number of benzene rings is 2. The molecule has 0 aromatic heterocycles. The highest BCUT2D eigenvalue weighted by atomic mass is 16.5. The van der Waals surface area contributed by atoms with Crippen molar-refractivity contribution >= 4 is 0 Å². The summed E-state index contributed by atoms with van der Waals surface area (Å²) in [6.45, 7) is 17.5. The highest BCUT2D eigenvalue weighted by Gasteiger charge is 2.10. The average molecular weight is 530 g/mol. The maximum atomic E-state index is 9.84. The molecule has 2 atom stereocenters. The third-order valence-electron chi connectivity index (χ3n) is 5.11. The largest absolute Gasteiger partial charge is 0.487 e. The van der Waals surface area contributed by atoms with E-state index >= 15 is 0 Å². The van der Waals surface area contributed by atoms with Crippen molar-refractivity contribution < 1.29 is 29.2 Å². The van der Waals surface area contributed by atoms with Crippen LogP contribution in [0.4, 0.5) is 0 Å². The Labute approximate surface area is 229 Å². The molecule has 7 nitrogen and oxygen atoms in total. The molecule has 0 aliphatic rings. The molecule has 0 amide bonds. The first kappa shape index (κ1) is 33.0. The summed E-state index contributed by atoms with van der Waals surface area (Å²) < 4.78 is 22.2. The van der Waals surface area contributed by atoms with Gasteiger partial charge in [-0.1, -0.05) is 77.3 Å². The zero-order chi connectivity index (χ0) is 28.2. The van der Waals surface area contributed by atoms with Gasteiger partial charge in [-0.3, -0.25) is 0 Å². The molecule has 2 aromatic rings. The first-order valence-electron chi connectivity index (χ1n) is 13.3. The number of hydrogen-bond acceptors (Lipinski definition) is 7. The first-order chi connectivity index (χ1) is 18.3. The van der Waals surface area contributed by atoms with Gasteiger partial charge >= 0.3 is 0 Å². The standard InChI is InChI=1S/C16H24O3.C15H23NO3/c1-4-11-18-15-7-5-6-8-16(15)19-12-14(17)10-9-13(2)3;1-4-9-18-14-7-5-6-8-15(14)19-11-13(17)10-16-12(2)3/h4-8,13-14,17H,1,9-12H2,2-3H3;4-8,12-13,16-17H,1,9-11H2,2-3H3/t14-;13-/m01/s1. The Morgan fingerprint density at radius 1 is 0.684 bits per heavy atom. The fourth-order valence-electron chi connectivity index (χ4n) is 3.09. The number of ether oxygens (including phenoxy) is 4. The highest BCUT2D eigenvalue weighted by molar-refractivity contribution is 5.40. The summed E-state index contributed by atoms with van der Waals surface area (Å²) in [5.74, 6) is 3.23. The van der Waals surface area contributed by atoms with E-state index < -0.39 is 12.2 Å². The summed E-state index contributed by atoms with van der Waals surface area (Å²) in [6, 6.07) is 15.2. The van der Waals surface area contributed by atoms with Crippen LogP contribution in [0.5, 0.6) is 23.0 Å². The monoisotopic (exact) mass is 529 g/mol. The van der Waals surface area contributed by atoms with Gasteiger partial charge in [0.15, 0.2) is 23.0 Å². The molecule has 0 radical (unpaired) electrons. The van der Waals surface area contributed by atoms with Crippen molar-refractivity contribution in [1.29, 1.82) is 0 Å². The fourth-order valence-corrected chi connectivity index (χ4v) is 3.09. The van der Waals surface area contributed by atoms with E-state index in [2.05, 4.69) is 32.3 Å². The van der Waals surface area contributed by atoms with Gasteiger partial charge in [0.1, 0.15) is 32.5 Å². The maximum absolute atomic E-state index is 9.84. The second-order valence-electron chi connectivity index (χ2n) is 9.56. The van der Waals surface area contributed by atoms with Crippen LogP contribution in [0, 0.1) is 5.92 Å². The zero-order valence-electron chi connectivity index (χ0n) is 23.5. The lowest BCUT2D eigenvalue weighted by Crippen LogP contribution is -2.35. The van der Waals surface area contributed by atoms with Gasteiger partial charge in [-0.2, -0.15) is 0 Å². The van der Waals surface area contributed by atoms with E-state index in [0.717, 1.165) is 12.8 Å². The van der Waals surface area contributed by atoms with Crippen LogP contribution in [0.1, 0.15) is 40.5 Å². The lowest BCUT2D eigenvalue weighted by atomic mass is 10.1. The Hall–Kier alpha value is -3.00. The molecule has 0 saturated carbocycles. The lowest BCUT2D eigenvalue weighted by molar-refractivity contribution is 0.0932. The van der Waals surface area contributed by atoms with Crippen molar-refractivity contribution in [3.63, 3.8) is 0 Å². The van der Waals surface area contributed by atoms with Crippen molar-refractivity contribution in [2.75, 3.05) is 33.0 Å². The molecule has 38 heavy (non-hydrogen) atoms. The highest BCUT2D eigenvalue weighted by Crippen LogP contribution is 2.27. The predicted molar refractivity (Wildman–Crippen MR) is 154 cm³/mol. The minimum Gasteiger partial charge on any atom is -0.487 e. The SMILES string of the molecule is C=CCOc1ccccc1OC[C@@H](O)CCC(C)C.C=CCOc1ccccc1OC[C@H](O)CNC(C)C. The van der Waals surface area contributed by atoms with Crippen LogP contribution in [-0.4, -0.2) is 61.4 Å². The topological polar surface area (TPSA) is 89.4 Å².